The fraction of sp³-hybridized carbons (Fsp3) is 0.231. The Morgan fingerprint density at radius 2 is 2.02 bits per heavy atom. The van der Waals surface area contributed by atoms with E-state index < -0.39 is 12.0 Å². The lowest BCUT2D eigenvalue weighted by Crippen LogP contribution is -2.28. The number of rotatable bonds is 4. The van der Waals surface area contributed by atoms with Crippen LogP contribution < -0.4 is 11.3 Å². The molecular formula is C26H19Cl2FN10O. The van der Waals surface area contributed by atoms with E-state index in [1.54, 1.807) is 33.6 Å². The van der Waals surface area contributed by atoms with Gasteiger partial charge in [-0.2, -0.15) is 9.49 Å². The molecule has 8 rings (SSSR count). The molecule has 1 aliphatic heterocycles. The molecule has 3 unspecified atom stereocenters. The molecule has 4 aromatic heterocycles. The summed E-state index contributed by atoms with van der Waals surface area (Å²) in [7, 11) is 0. The number of nitrogens with two attached hydrogens (primary N) is 1. The zero-order valence-electron chi connectivity index (χ0n) is 20.6. The molecule has 5 heterocycles. The molecule has 1 fully saturated rings. The molecule has 11 nitrogen and oxygen atoms in total. The molecule has 40 heavy (non-hydrogen) atoms. The number of imidazole rings is 1. The van der Waals surface area contributed by atoms with Crippen molar-refractivity contribution < 1.29 is 4.39 Å². The zero-order valence-corrected chi connectivity index (χ0v) is 22.1. The third-order valence-corrected chi connectivity index (χ3v) is 8.36. The van der Waals surface area contributed by atoms with Crippen LogP contribution >= 0.6 is 23.2 Å². The first-order valence-electron chi connectivity index (χ1n) is 12.7. The van der Waals surface area contributed by atoms with Crippen molar-refractivity contribution in [3.8, 4) is 11.3 Å². The van der Waals surface area contributed by atoms with Crippen molar-refractivity contribution in [3.05, 3.63) is 80.4 Å². The van der Waals surface area contributed by atoms with Crippen molar-refractivity contribution in [2.75, 3.05) is 5.73 Å². The van der Waals surface area contributed by atoms with Gasteiger partial charge < -0.3 is 10.7 Å². The van der Waals surface area contributed by atoms with E-state index in [0.717, 1.165) is 17.5 Å². The predicted octanol–water partition coefficient (Wildman–Crippen LogP) is 4.47. The van der Waals surface area contributed by atoms with Crippen LogP contribution in [0, 0.1) is 11.9 Å². The van der Waals surface area contributed by atoms with E-state index in [2.05, 4.69) is 30.5 Å². The summed E-state index contributed by atoms with van der Waals surface area (Å²) in [4.78, 5) is 25.9. The summed E-state index contributed by atoms with van der Waals surface area (Å²) in [5.74, 6) is 1.01. The van der Waals surface area contributed by atoms with Crippen molar-refractivity contribution in [1.29, 1.82) is 0 Å². The first-order valence-corrected chi connectivity index (χ1v) is 13.4. The zero-order chi connectivity index (χ0) is 27.3. The van der Waals surface area contributed by atoms with Crippen LogP contribution in [0.25, 0.3) is 33.4 Å². The normalized spacial score (nSPS) is 21.6. The van der Waals surface area contributed by atoms with Crippen molar-refractivity contribution >= 4 is 51.2 Å². The molecule has 1 aromatic carbocycles. The first kappa shape index (κ1) is 23.6. The van der Waals surface area contributed by atoms with Crippen molar-refractivity contribution in [3.63, 3.8) is 0 Å². The highest BCUT2D eigenvalue weighted by Crippen LogP contribution is 2.59. The first-order chi connectivity index (χ1) is 19.4. The van der Waals surface area contributed by atoms with Crippen LogP contribution in [0.2, 0.25) is 5.15 Å². The number of nitrogens with one attached hydrogen (secondary N) is 2. The molecule has 200 valence electrons. The summed E-state index contributed by atoms with van der Waals surface area (Å²) >= 11 is 12.4. The number of hydrogen-bond donors (Lipinski definition) is 3. The molecular weight excluding hydrogens is 558 g/mol. The quantitative estimate of drug-likeness (QED) is 0.285. The molecule has 1 saturated carbocycles. The maximum atomic E-state index is 15.2. The van der Waals surface area contributed by atoms with Crippen LogP contribution in [-0.2, 0) is 0 Å². The Morgan fingerprint density at radius 1 is 1.15 bits per heavy atom. The minimum Gasteiger partial charge on any atom is -0.382 e. The second kappa shape index (κ2) is 8.35. The van der Waals surface area contributed by atoms with E-state index in [4.69, 9.17) is 33.9 Å². The van der Waals surface area contributed by atoms with Gasteiger partial charge in [0.05, 0.1) is 29.1 Å². The number of nitrogens with zero attached hydrogens (tertiary/aromatic N) is 7. The van der Waals surface area contributed by atoms with Crippen LogP contribution in [0.1, 0.15) is 48.6 Å². The summed E-state index contributed by atoms with van der Waals surface area (Å²) in [6, 6.07) is 6.31. The van der Waals surface area contributed by atoms with Gasteiger partial charge in [0.15, 0.2) is 11.0 Å². The molecule has 0 bridgehead atoms. The average Bonchev–Trinajstić information content (AvgIpc) is 3.21. The second-order valence-electron chi connectivity index (χ2n) is 10.2. The summed E-state index contributed by atoms with van der Waals surface area (Å²) in [6.45, 7) is 0. The number of aromatic nitrogens is 9. The van der Waals surface area contributed by atoms with Gasteiger partial charge in [-0.3, -0.25) is 14.5 Å². The molecule has 3 aliphatic rings. The molecule has 0 saturated heterocycles. The van der Waals surface area contributed by atoms with Crippen molar-refractivity contribution in [2.45, 2.75) is 31.2 Å². The number of nitrogen functional groups attached to an aromatic ring is 1. The Hall–Kier alpha value is -4.29. The number of fused-ring (bicyclic) bond motifs is 4. The maximum absolute atomic E-state index is 15.2. The lowest BCUT2D eigenvalue weighted by Gasteiger charge is -2.19. The molecule has 14 heteroatoms. The van der Waals surface area contributed by atoms with Gasteiger partial charge in [-0.05, 0) is 43.4 Å². The Balaban J connectivity index is 1.21. The third kappa shape index (κ3) is 3.49. The highest BCUT2D eigenvalue weighted by Gasteiger charge is 2.55. The van der Waals surface area contributed by atoms with E-state index in [0.29, 0.717) is 57.7 Å². The van der Waals surface area contributed by atoms with Crippen molar-refractivity contribution in [2.24, 2.45) is 5.92 Å². The number of aromatic amines is 2. The number of allylic oxidation sites excluding steroid dienone is 4. The molecule has 0 spiro atoms. The summed E-state index contributed by atoms with van der Waals surface area (Å²) in [6.07, 6.45) is 5.47. The van der Waals surface area contributed by atoms with Gasteiger partial charge >= 0.3 is 0 Å². The lowest BCUT2D eigenvalue weighted by molar-refractivity contribution is 0.499. The van der Waals surface area contributed by atoms with Gasteiger partial charge in [0.1, 0.15) is 17.3 Å². The number of benzene rings is 1. The predicted molar refractivity (Wildman–Crippen MR) is 147 cm³/mol. The van der Waals surface area contributed by atoms with Gasteiger partial charge in [-0.15, -0.1) is 5.10 Å². The monoisotopic (exact) mass is 576 g/mol. The van der Waals surface area contributed by atoms with Gasteiger partial charge in [-0.25, -0.2) is 14.6 Å². The van der Waals surface area contributed by atoms with Crippen molar-refractivity contribution in [1.82, 2.24) is 44.7 Å². The standard InChI is InChI=1S/C26H19Cl2FN10O/c27-11-2-4-18(38-9-19(28)35-37-38)15(6-11)16-8-20(40)39-22(13-7-14(13)26(39)31-16)25-32-21(23(29)33-25)10-1-3-12-17(5-10)34-36-24(12)30/h1,3,5-6,8-9,13-14,22H,2,4,7H2,(H,32,33)(H3,30,34,36). The van der Waals surface area contributed by atoms with Gasteiger partial charge in [-0.1, -0.05) is 34.5 Å². The summed E-state index contributed by atoms with van der Waals surface area (Å²) in [5, 5.41) is 16.5. The minimum absolute atomic E-state index is 0.0755. The molecule has 5 aromatic rings. The number of halogens is 3. The maximum Gasteiger partial charge on any atom is 0.254 e. The second-order valence-corrected chi connectivity index (χ2v) is 11.1. The SMILES string of the molecule is Nc1n[nH]c2cc(-c3nc(C4C5CC5c5nc(C6=C(n7cc(Cl)nn7)CCC(Cl)=C6)cc(=O)n54)[nH]c3F)ccc12. The number of H-pyrrole nitrogens is 2. The van der Waals surface area contributed by atoms with E-state index in [9.17, 15) is 4.79 Å². The number of hydrogen-bond acceptors (Lipinski definition) is 7. The highest BCUT2D eigenvalue weighted by atomic mass is 35.5. The van der Waals surface area contributed by atoms with E-state index in [-0.39, 0.29) is 28.2 Å². The van der Waals surface area contributed by atoms with Crippen LogP contribution in [0.5, 0.6) is 0 Å². The van der Waals surface area contributed by atoms with E-state index in [1.165, 1.54) is 6.07 Å². The number of anilines is 1. The molecule has 0 amide bonds. The summed E-state index contributed by atoms with van der Waals surface area (Å²) < 4.78 is 18.4. The molecule has 0 radical (unpaired) electrons. The van der Waals surface area contributed by atoms with Gasteiger partial charge in [0.2, 0.25) is 5.95 Å². The third-order valence-electron chi connectivity index (χ3n) is 7.89. The Bertz CT molecular complexity index is 2000. The van der Waals surface area contributed by atoms with E-state index in [1.807, 2.05) is 6.08 Å². The average molecular weight is 577 g/mol. The molecule has 3 atom stereocenters. The fourth-order valence-electron chi connectivity index (χ4n) is 5.97. The van der Waals surface area contributed by atoms with Crippen LogP contribution in [0.3, 0.4) is 0 Å². The Kier molecular flexibility index (Phi) is 4.93. The Labute approximate surface area is 234 Å². The topological polar surface area (TPSA) is 149 Å². The Morgan fingerprint density at radius 3 is 2.85 bits per heavy atom. The van der Waals surface area contributed by atoms with Gasteiger partial charge in [0, 0.05) is 33.5 Å². The van der Waals surface area contributed by atoms with Crippen LogP contribution in [0.4, 0.5) is 10.2 Å². The largest absolute Gasteiger partial charge is 0.382 e. The minimum atomic E-state index is -0.576. The lowest BCUT2D eigenvalue weighted by atomic mass is 10.00. The van der Waals surface area contributed by atoms with Gasteiger partial charge in [0.25, 0.3) is 5.56 Å². The van der Waals surface area contributed by atoms with E-state index >= 15 is 4.39 Å². The smallest absolute Gasteiger partial charge is 0.254 e. The van der Waals surface area contributed by atoms with Crippen LogP contribution in [-0.4, -0.2) is 44.7 Å². The fourth-order valence-corrected chi connectivity index (χ4v) is 6.30. The molecule has 2 aliphatic carbocycles. The highest BCUT2D eigenvalue weighted by molar-refractivity contribution is 6.31. The van der Waals surface area contributed by atoms with Crippen LogP contribution in [0.15, 0.2) is 46.4 Å². The summed E-state index contributed by atoms with van der Waals surface area (Å²) in [5.41, 5.74) is 9.02. The molecule has 4 N–H and O–H groups in total.